The van der Waals surface area contributed by atoms with E-state index in [2.05, 4.69) is 17.1 Å². The van der Waals surface area contributed by atoms with Gasteiger partial charge in [-0.1, -0.05) is 18.6 Å². The molecule has 150 valence electrons. The number of nitrogens with one attached hydrogen (secondary N) is 1. The van der Waals surface area contributed by atoms with Gasteiger partial charge in [-0.3, -0.25) is 15.0 Å². The fourth-order valence-electron chi connectivity index (χ4n) is 3.47. The van der Waals surface area contributed by atoms with Crippen molar-refractivity contribution < 1.29 is 13.3 Å². The van der Waals surface area contributed by atoms with Gasteiger partial charge in [0.25, 0.3) is 5.69 Å². The van der Waals surface area contributed by atoms with E-state index >= 15 is 0 Å². The summed E-state index contributed by atoms with van der Waals surface area (Å²) >= 11 is 0. The lowest BCUT2D eigenvalue weighted by atomic mass is 10.0. The van der Waals surface area contributed by atoms with Gasteiger partial charge < -0.3 is 5.32 Å². The summed E-state index contributed by atoms with van der Waals surface area (Å²) in [4.78, 5) is 13.2. The van der Waals surface area contributed by atoms with Crippen molar-refractivity contribution in [1.29, 1.82) is 0 Å². The molecule has 2 aromatic rings. The fraction of sp³-hybridized carbons (Fsp3) is 0.400. The van der Waals surface area contributed by atoms with Crippen molar-refractivity contribution in [2.75, 3.05) is 18.1 Å². The predicted molar refractivity (Wildman–Crippen MR) is 110 cm³/mol. The molecule has 0 saturated carbocycles. The molecule has 1 saturated heterocycles. The van der Waals surface area contributed by atoms with Gasteiger partial charge in [0.2, 0.25) is 0 Å². The van der Waals surface area contributed by atoms with Crippen molar-refractivity contribution in [3.8, 4) is 0 Å². The van der Waals surface area contributed by atoms with Gasteiger partial charge in [-0.2, -0.15) is 0 Å². The maximum absolute atomic E-state index is 11.7. The minimum Gasteiger partial charge on any atom is -0.350 e. The minimum atomic E-state index is -3.51. The molecule has 28 heavy (non-hydrogen) atoms. The SMILES string of the molecule is CC1CCCCN1Cc1ccc(Nc2ccc(S(C)(=O)=O)cc2[N+](=O)[O-])cc1. The monoisotopic (exact) mass is 403 g/mol. The zero-order valence-corrected chi connectivity index (χ0v) is 16.9. The molecule has 1 N–H and O–H groups in total. The zero-order valence-electron chi connectivity index (χ0n) is 16.1. The van der Waals surface area contributed by atoms with E-state index in [0.717, 1.165) is 25.4 Å². The fourth-order valence-corrected chi connectivity index (χ4v) is 4.12. The predicted octanol–water partition coefficient (Wildman–Crippen LogP) is 4.12. The van der Waals surface area contributed by atoms with Gasteiger partial charge in [0.1, 0.15) is 5.69 Å². The van der Waals surface area contributed by atoms with Crippen LogP contribution >= 0.6 is 0 Å². The lowest BCUT2D eigenvalue weighted by Gasteiger charge is -2.33. The average Bonchev–Trinajstić information content (AvgIpc) is 2.64. The van der Waals surface area contributed by atoms with Crippen LogP contribution in [0.1, 0.15) is 31.7 Å². The molecule has 0 aromatic heterocycles. The van der Waals surface area contributed by atoms with E-state index in [1.54, 1.807) is 0 Å². The third kappa shape index (κ3) is 4.88. The first-order chi connectivity index (χ1) is 13.2. The number of nitro benzene ring substituents is 1. The van der Waals surface area contributed by atoms with E-state index in [-0.39, 0.29) is 16.3 Å². The Morgan fingerprint density at radius 3 is 2.50 bits per heavy atom. The van der Waals surface area contributed by atoms with Gasteiger partial charge in [0.05, 0.1) is 9.82 Å². The van der Waals surface area contributed by atoms with Crippen molar-refractivity contribution >= 4 is 26.9 Å². The summed E-state index contributed by atoms with van der Waals surface area (Å²) in [6.45, 7) is 4.26. The Morgan fingerprint density at radius 1 is 1.18 bits per heavy atom. The van der Waals surface area contributed by atoms with Crippen LogP contribution in [0.5, 0.6) is 0 Å². The molecule has 0 radical (unpaired) electrons. The highest BCUT2D eigenvalue weighted by molar-refractivity contribution is 7.90. The molecule has 0 bridgehead atoms. The van der Waals surface area contributed by atoms with E-state index in [9.17, 15) is 18.5 Å². The van der Waals surface area contributed by atoms with Gasteiger partial charge >= 0.3 is 0 Å². The Kier molecular flexibility index (Phi) is 6.00. The maximum Gasteiger partial charge on any atom is 0.293 e. The van der Waals surface area contributed by atoms with Crippen molar-refractivity contribution in [3.63, 3.8) is 0 Å². The van der Waals surface area contributed by atoms with Crippen LogP contribution in [0.2, 0.25) is 0 Å². The summed E-state index contributed by atoms with van der Waals surface area (Å²) in [5, 5.41) is 14.4. The highest BCUT2D eigenvalue weighted by atomic mass is 32.2. The molecule has 2 aromatic carbocycles. The van der Waals surface area contributed by atoms with Crippen LogP contribution in [0.15, 0.2) is 47.4 Å². The molecule has 1 atom stereocenters. The molecule has 0 spiro atoms. The van der Waals surface area contributed by atoms with E-state index in [0.29, 0.717) is 11.7 Å². The van der Waals surface area contributed by atoms with Crippen LogP contribution in [0.4, 0.5) is 17.1 Å². The summed E-state index contributed by atoms with van der Waals surface area (Å²) in [5.74, 6) is 0. The van der Waals surface area contributed by atoms with Gasteiger partial charge in [-0.05, 0) is 56.1 Å². The second-order valence-electron chi connectivity index (χ2n) is 7.35. The van der Waals surface area contributed by atoms with Crippen molar-refractivity contribution in [2.45, 2.75) is 43.7 Å². The Bertz CT molecular complexity index is 958. The summed E-state index contributed by atoms with van der Waals surface area (Å²) < 4.78 is 23.3. The smallest absolute Gasteiger partial charge is 0.293 e. The van der Waals surface area contributed by atoms with E-state index in [4.69, 9.17) is 0 Å². The average molecular weight is 404 g/mol. The van der Waals surface area contributed by atoms with Crippen LogP contribution in [-0.4, -0.2) is 37.1 Å². The number of piperidine rings is 1. The van der Waals surface area contributed by atoms with E-state index in [1.807, 2.05) is 24.3 Å². The number of anilines is 2. The van der Waals surface area contributed by atoms with Crippen LogP contribution in [-0.2, 0) is 16.4 Å². The minimum absolute atomic E-state index is 0.0734. The number of benzene rings is 2. The lowest BCUT2D eigenvalue weighted by Crippen LogP contribution is -2.36. The van der Waals surface area contributed by atoms with Crippen LogP contribution in [0.25, 0.3) is 0 Å². The summed E-state index contributed by atoms with van der Waals surface area (Å²) in [6, 6.07) is 12.3. The molecule has 1 fully saturated rings. The quantitative estimate of drug-likeness (QED) is 0.576. The number of nitrogens with zero attached hydrogens (tertiary/aromatic N) is 2. The molecule has 3 rings (SSSR count). The molecular weight excluding hydrogens is 378 g/mol. The van der Waals surface area contributed by atoms with Gasteiger partial charge in [0, 0.05) is 30.6 Å². The number of likely N-dealkylation sites (tertiary alicyclic amines) is 1. The normalized spacial score (nSPS) is 18.0. The third-order valence-corrected chi connectivity index (χ3v) is 6.26. The number of rotatable bonds is 6. The number of hydrogen-bond donors (Lipinski definition) is 1. The van der Waals surface area contributed by atoms with Crippen LogP contribution < -0.4 is 5.32 Å². The molecule has 7 nitrogen and oxygen atoms in total. The summed E-state index contributed by atoms with van der Waals surface area (Å²) in [6.07, 6.45) is 4.78. The standard InChI is InChI=1S/C20H25N3O4S/c1-15-5-3-4-12-22(15)14-16-6-8-17(9-7-16)21-19-11-10-18(28(2,26)27)13-20(19)23(24)25/h6-11,13,15,21H,3-5,12,14H2,1-2H3. The van der Waals surface area contributed by atoms with E-state index < -0.39 is 14.8 Å². The molecule has 0 amide bonds. The zero-order chi connectivity index (χ0) is 20.3. The number of hydrogen-bond acceptors (Lipinski definition) is 6. The Morgan fingerprint density at radius 2 is 1.89 bits per heavy atom. The Balaban J connectivity index is 1.76. The molecule has 0 aliphatic carbocycles. The maximum atomic E-state index is 11.7. The molecule has 8 heteroatoms. The topological polar surface area (TPSA) is 92.6 Å². The van der Waals surface area contributed by atoms with E-state index in [1.165, 1.54) is 37.0 Å². The number of sulfone groups is 1. The highest BCUT2D eigenvalue weighted by Gasteiger charge is 2.20. The Hall–Kier alpha value is -2.45. The molecule has 1 heterocycles. The Labute approximate surface area is 165 Å². The van der Waals surface area contributed by atoms with Crippen molar-refractivity contribution in [3.05, 3.63) is 58.1 Å². The van der Waals surface area contributed by atoms with Crippen molar-refractivity contribution in [1.82, 2.24) is 4.90 Å². The largest absolute Gasteiger partial charge is 0.350 e. The molecule has 1 aliphatic rings. The summed E-state index contributed by atoms with van der Waals surface area (Å²) in [7, 11) is -3.51. The number of nitro groups is 1. The second kappa shape index (κ2) is 8.28. The third-order valence-electron chi connectivity index (χ3n) is 5.15. The highest BCUT2D eigenvalue weighted by Crippen LogP contribution is 2.30. The first-order valence-electron chi connectivity index (χ1n) is 9.32. The molecular formula is C20H25N3O4S. The van der Waals surface area contributed by atoms with Gasteiger partial charge in [-0.25, -0.2) is 8.42 Å². The van der Waals surface area contributed by atoms with Gasteiger partial charge in [0.15, 0.2) is 9.84 Å². The summed E-state index contributed by atoms with van der Waals surface area (Å²) in [5.41, 5.74) is 1.90. The van der Waals surface area contributed by atoms with Gasteiger partial charge in [-0.15, -0.1) is 0 Å². The first-order valence-corrected chi connectivity index (χ1v) is 11.2. The molecule has 1 aliphatic heterocycles. The second-order valence-corrected chi connectivity index (χ2v) is 9.36. The lowest BCUT2D eigenvalue weighted by molar-refractivity contribution is -0.384. The molecule has 1 unspecified atom stereocenters. The van der Waals surface area contributed by atoms with Crippen LogP contribution in [0.3, 0.4) is 0 Å². The first kappa shape index (κ1) is 20.3. The van der Waals surface area contributed by atoms with Crippen LogP contribution in [0, 0.1) is 10.1 Å². The van der Waals surface area contributed by atoms with Crippen molar-refractivity contribution in [2.24, 2.45) is 0 Å².